The first-order chi connectivity index (χ1) is 19.9. The van der Waals surface area contributed by atoms with Crippen molar-refractivity contribution in [1.29, 1.82) is 0 Å². The molecule has 0 saturated carbocycles. The molecule has 1 amide bonds. The van der Waals surface area contributed by atoms with Crippen molar-refractivity contribution in [1.82, 2.24) is 9.58 Å². The number of pyridine rings is 1. The predicted molar refractivity (Wildman–Crippen MR) is 149 cm³/mol. The second-order valence-electron chi connectivity index (χ2n) is 9.30. The van der Waals surface area contributed by atoms with Crippen molar-refractivity contribution in [2.75, 3.05) is 25.6 Å². The molecule has 5 rings (SSSR count). The Morgan fingerprint density at radius 1 is 1.12 bits per heavy atom. The van der Waals surface area contributed by atoms with E-state index in [1.807, 2.05) is 24.3 Å². The van der Waals surface area contributed by atoms with Crippen molar-refractivity contribution in [3.05, 3.63) is 91.3 Å². The van der Waals surface area contributed by atoms with Gasteiger partial charge < -0.3 is 19.1 Å². The third kappa shape index (κ3) is 5.36. The molecule has 0 spiro atoms. The number of halogens is 5. The molecular formula is C27H22Cl2F3N3O6S. The molecule has 9 nitrogen and oxygen atoms in total. The van der Waals surface area contributed by atoms with Crippen molar-refractivity contribution >= 4 is 47.0 Å². The maximum Gasteiger partial charge on any atom is 0.510 e. The molecule has 0 unspecified atom stereocenters. The number of hydrogen-bond donors (Lipinski definition) is 0. The number of alkyl halides is 3. The van der Waals surface area contributed by atoms with Gasteiger partial charge in [-0.1, -0.05) is 53.5 Å². The highest BCUT2D eigenvalue weighted by atomic mass is 35.5. The highest BCUT2D eigenvalue weighted by molar-refractivity contribution is 7.98. The van der Waals surface area contributed by atoms with E-state index in [1.165, 1.54) is 21.4 Å². The molecule has 0 radical (unpaired) electrons. The zero-order valence-electron chi connectivity index (χ0n) is 22.0. The minimum atomic E-state index is -4.81. The van der Waals surface area contributed by atoms with Crippen LogP contribution in [0.15, 0.2) is 58.4 Å². The standard InChI is InChI=1S/C27H22Cl2F3N3O6S/c1-14(27(30,31)32)33-12-35(21-16-7-3-4-9-19(16)42-11-15-6-5-8-17(28)20(15)21)34-10-18(29)23(36)24(22(34)25(33)37)40-13-41-26(38)39-2/h3-10,14,21H,11-13H2,1-2H3/t14-,21+/m1/s1. The summed E-state index contributed by atoms with van der Waals surface area (Å²) in [6, 6.07) is 9.58. The van der Waals surface area contributed by atoms with Gasteiger partial charge in [0.15, 0.2) is 5.69 Å². The van der Waals surface area contributed by atoms with Gasteiger partial charge in [0, 0.05) is 27.4 Å². The van der Waals surface area contributed by atoms with Crippen LogP contribution in [0, 0.1) is 0 Å². The van der Waals surface area contributed by atoms with Gasteiger partial charge in [0.2, 0.25) is 18.0 Å². The summed E-state index contributed by atoms with van der Waals surface area (Å²) < 4.78 is 58.0. The Kier molecular flexibility index (Phi) is 8.28. The second kappa shape index (κ2) is 11.6. The lowest BCUT2D eigenvalue weighted by Gasteiger charge is -2.46. The SMILES string of the molecule is COC(=O)OCOc1c2n(cc(Cl)c1=O)N([C@H]1c3ccccc3SCc3cccc(Cl)c31)CN([C@H](C)C(F)(F)F)C2=O. The van der Waals surface area contributed by atoms with E-state index in [-0.39, 0.29) is 0 Å². The Bertz CT molecular complexity index is 1620. The third-order valence-corrected chi connectivity index (χ3v) is 8.68. The molecule has 2 atom stereocenters. The van der Waals surface area contributed by atoms with Gasteiger partial charge in [-0.25, -0.2) is 4.79 Å². The average Bonchev–Trinajstić information content (AvgIpc) is 3.12. The van der Waals surface area contributed by atoms with Crippen molar-refractivity contribution in [2.24, 2.45) is 0 Å². The molecule has 15 heteroatoms. The average molecular weight is 644 g/mol. The first kappa shape index (κ1) is 29.9. The Morgan fingerprint density at radius 3 is 2.57 bits per heavy atom. The lowest BCUT2D eigenvalue weighted by Crippen LogP contribution is -2.60. The van der Waals surface area contributed by atoms with Gasteiger partial charge in [0.1, 0.15) is 23.8 Å². The monoisotopic (exact) mass is 643 g/mol. The van der Waals surface area contributed by atoms with E-state index < -0.39 is 65.7 Å². The first-order valence-corrected chi connectivity index (χ1v) is 14.1. The van der Waals surface area contributed by atoms with Crippen LogP contribution in [0.25, 0.3) is 0 Å². The molecule has 2 aliphatic heterocycles. The number of fused-ring (bicyclic) bond motifs is 3. The number of benzene rings is 2. The zero-order chi connectivity index (χ0) is 30.3. The van der Waals surface area contributed by atoms with Crippen molar-refractivity contribution in [3.63, 3.8) is 0 Å². The summed E-state index contributed by atoms with van der Waals surface area (Å²) in [7, 11) is 1.04. The molecule has 0 fully saturated rings. The van der Waals surface area contributed by atoms with Crippen LogP contribution in [0.2, 0.25) is 10.0 Å². The van der Waals surface area contributed by atoms with Gasteiger partial charge in [-0.05, 0) is 30.2 Å². The van der Waals surface area contributed by atoms with E-state index in [0.29, 0.717) is 26.8 Å². The molecule has 1 aromatic heterocycles. The fourth-order valence-corrected chi connectivity index (χ4v) is 6.42. The molecule has 222 valence electrons. The number of hydrogen-bond acceptors (Lipinski definition) is 8. The van der Waals surface area contributed by atoms with Crippen LogP contribution in [0.1, 0.15) is 40.1 Å². The van der Waals surface area contributed by atoms with Crippen LogP contribution in [0.3, 0.4) is 0 Å². The number of aromatic nitrogens is 1. The molecule has 2 aliphatic rings. The second-order valence-corrected chi connectivity index (χ2v) is 11.1. The fourth-order valence-electron chi connectivity index (χ4n) is 4.86. The van der Waals surface area contributed by atoms with Crippen LogP contribution >= 0.6 is 35.0 Å². The maximum atomic E-state index is 14.1. The van der Waals surface area contributed by atoms with Gasteiger partial charge >= 0.3 is 12.3 Å². The summed E-state index contributed by atoms with van der Waals surface area (Å²) in [6.07, 6.45) is -4.80. The molecule has 2 aromatic carbocycles. The highest BCUT2D eigenvalue weighted by Gasteiger charge is 2.48. The molecule has 3 heterocycles. The number of thioether (sulfide) groups is 1. The smallest absolute Gasteiger partial charge is 0.451 e. The van der Waals surface area contributed by atoms with Crippen molar-refractivity contribution in [2.45, 2.75) is 35.8 Å². The lowest BCUT2D eigenvalue weighted by atomic mass is 9.94. The van der Waals surface area contributed by atoms with Crippen LogP contribution < -0.4 is 15.2 Å². The Labute approximate surface area is 251 Å². The first-order valence-electron chi connectivity index (χ1n) is 12.4. The molecule has 0 N–H and O–H groups in total. The summed E-state index contributed by atoms with van der Waals surface area (Å²) in [5, 5.41) is 1.45. The van der Waals surface area contributed by atoms with Crippen LogP contribution in [-0.2, 0) is 15.2 Å². The molecule has 0 saturated heterocycles. The van der Waals surface area contributed by atoms with E-state index in [9.17, 15) is 27.6 Å². The Morgan fingerprint density at radius 2 is 1.86 bits per heavy atom. The summed E-state index contributed by atoms with van der Waals surface area (Å²) >= 11 is 14.6. The molecule has 0 aliphatic carbocycles. The highest BCUT2D eigenvalue weighted by Crippen LogP contribution is 2.46. The molecule has 3 aromatic rings. The maximum absolute atomic E-state index is 14.1. The van der Waals surface area contributed by atoms with E-state index in [1.54, 1.807) is 18.2 Å². The summed E-state index contributed by atoms with van der Waals surface area (Å²) in [5.74, 6) is -1.32. The van der Waals surface area contributed by atoms with Crippen LogP contribution in [0.5, 0.6) is 5.75 Å². The van der Waals surface area contributed by atoms with E-state index in [2.05, 4.69) is 4.74 Å². The van der Waals surface area contributed by atoms with Crippen LogP contribution in [0.4, 0.5) is 18.0 Å². The van der Waals surface area contributed by atoms with Crippen molar-refractivity contribution in [3.8, 4) is 5.75 Å². The summed E-state index contributed by atoms with van der Waals surface area (Å²) in [4.78, 5) is 39.8. The van der Waals surface area contributed by atoms with E-state index in [4.69, 9.17) is 32.7 Å². The lowest BCUT2D eigenvalue weighted by molar-refractivity contribution is -0.173. The van der Waals surface area contributed by atoms with Gasteiger partial charge in [-0.2, -0.15) is 13.2 Å². The summed E-state index contributed by atoms with van der Waals surface area (Å²) in [5.41, 5.74) is 0.630. The minimum Gasteiger partial charge on any atom is -0.451 e. The Hall–Kier alpha value is -3.55. The number of rotatable bonds is 5. The zero-order valence-corrected chi connectivity index (χ0v) is 24.3. The Balaban J connectivity index is 1.77. The minimum absolute atomic E-state index is 0.360. The molecule has 42 heavy (non-hydrogen) atoms. The van der Waals surface area contributed by atoms with Gasteiger partial charge in [-0.3, -0.25) is 19.3 Å². The van der Waals surface area contributed by atoms with Crippen LogP contribution in [-0.4, -0.2) is 54.4 Å². The molecular weight excluding hydrogens is 622 g/mol. The van der Waals surface area contributed by atoms with Crippen molar-refractivity contribution < 1.29 is 37.0 Å². The normalized spacial score (nSPS) is 17.0. The van der Waals surface area contributed by atoms with E-state index >= 15 is 0 Å². The number of methoxy groups -OCH3 is 1. The van der Waals surface area contributed by atoms with Gasteiger partial charge in [0.25, 0.3) is 5.91 Å². The molecule has 0 bridgehead atoms. The number of ether oxygens (including phenoxy) is 3. The number of amides is 1. The fraction of sp³-hybridized carbons (Fsp3) is 0.296. The largest absolute Gasteiger partial charge is 0.510 e. The summed E-state index contributed by atoms with van der Waals surface area (Å²) in [6.45, 7) is -0.592. The van der Waals surface area contributed by atoms with Gasteiger partial charge in [-0.15, -0.1) is 11.8 Å². The third-order valence-electron chi connectivity index (χ3n) is 6.94. The quantitative estimate of drug-likeness (QED) is 0.248. The van der Waals surface area contributed by atoms with E-state index in [0.717, 1.165) is 30.7 Å². The number of carbonyl (C=O) groups is 2. The number of nitrogens with zero attached hydrogens (tertiary/aromatic N) is 3. The number of carbonyl (C=O) groups excluding carboxylic acids is 2. The topological polar surface area (TPSA) is 90.3 Å². The predicted octanol–water partition coefficient (Wildman–Crippen LogP) is 5.97. The van der Waals surface area contributed by atoms with Gasteiger partial charge in [0.05, 0.1) is 7.11 Å².